The highest BCUT2D eigenvalue weighted by Gasteiger charge is 2.23. The molecule has 0 aliphatic heterocycles. The highest BCUT2D eigenvalue weighted by molar-refractivity contribution is 9.10. The second kappa shape index (κ2) is 10.2. The summed E-state index contributed by atoms with van der Waals surface area (Å²) in [5.74, 6) is -0.144. The van der Waals surface area contributed by atoms with Gasteiger partial charge in [-0.15, -0.1) is 0 Å². The van der Waals surface area contributed by atoms with Crippen LogP contribution in [-0.4, -0.2) is 11.9 Å². The van der Waals surface area contributed by atoms with Crippen LogP contribution in [0.3, 0.4) is 0 Å². The Morgan fingerprint density at radius 2 is 0.927 bits per heavy atom. The molecule has 0 N–H and O–H groups in total. The maximum Gasteiger partial charge on any atom is 0.343 e. The van der Waals surface area contributed by atoms with E-state index in [4.69, 9.17) is 9.47 Å². The maximum absolute atomic E-state index is 13.5. The summed E-state index contributed by atoms with van der Waals surface area (Å²) in [6.45, 7) is 0. The standard InChI is InChI=1S/C36H21BrO4/c37-31-15-7-14-30-32(31)34(41-36(39)27-19-17-23-9-2-4-11-25(23)21-27)29-13-6-5-12-28(29)33(30)40-35(38)26-18-16-22-8-1-3-10-24(22)20-26/h1-21H. The first-order chi connectivity index (χ1) is 20.1. The fourth-order valence-corrected chi connectivity index (χ4v) is 5.80. The summed E-state index contributed by atoms with van der Waals surface area (Å²) < 4.78 is 13.0. The first-order valence-electron chi connectivity index (χ1n) is 13.1. The summed E-state index contributed by atoms with van der Waals surface area (Å²) >= 11 is 3.65. The van der Waals surface area contributed by atoms with Crippen LogP contribution in [0.25, 0.3) is 43.1 Å². The summed E-state index contributed by atoms with van der Waals surface area (Å²) in [4.78, 5) is 27.0. The van der Waals surface area contributed by atoms with E-state index < -0.39 is 11.9 Å². The van der Waals surface area contributed by atoms with E-state index in [-0.39, 0.29) is 0 Å². The Hall–Kier alpha value is -5.00. The van der Waals surface area contributed by atoms with Crippen molar-refractivity contribution in [2.75, 3.05) is 0 Å². The summed E-state index contributed by atoms with van der Waals surface area (Å²) in [5.41, 5.74) is 0.891. The molecule has 0 spiro atoms. The van der Waals surface area contributed by atoms with Gasteiger partial charge in [-0.3, -0.25) is 0 Å². The Morgan fingerprint density at radius 3 is 1.51 bits per heavy atom. The van der Waals surface area contributed by atoms with Gasteiger partial charge in [0.15, 0.2) is 0 Å². The molecule has 0 aromatic heterocycles. The molecule has 0 heterocycles. The quantitative estimate of drug-likeness (QED) is 0.115. The molecular formula is C36H21BrO4. The molecule has 41 heavy (non-hydrogen) atoms. The van der Waals surface area contributed by atoms with Gasteiger partial charge in [-0.2, -0.15) is 0 Å². The van der Waals surface area contributed by atoms with Gasteiger partial charge in [-0.1, -0.05) is 113 Å². The van der Waals surface area contributed by atoms with Crippen LogP contribution >= 0.6 is 15.9 Å². The lowest BCUT2D eigenvalue weighted by Crippen LogP contribution is -2.11. The van der Waals surface area contributed by atoms with Crippen molar-refractivity contribution in [3.8, 4) is 11.5 Å². The number of ether oxygens (including phenoxy) is 2. The smallest absolute Gasteiger partial charge is 0.343 e. The number of halogens is 1. The summed E-state index contributed by atoms with van der Waals surface area (Å²) in [7, 11) is 0. The number of benzene rings is 7. The van der Waals surface area contributed by atoms with Gasteiger partial charge < -0.3 is 9.47 Å². The Balaban J connectivity index is 1.35. The van der Waals surface area contributed by atoms with E-state index in [0.29, 0.717) is 48.6 Å². The molecule has 0 aliphatic rings. The Labute approximate surface area is 243 Å². The molecule has 7 rings (SSSR count). The number of carbonyl (C=O) groups excluding carboxylic acids is 2. The van der Waals surface area contributed by atoms with Crippen LogP contribution in [0, 0.1) is 0 Å². The predicted molar refractivity (Wildman–Crippen MR) is 167 cm³/mol. The molecule has 0 radical (unpaired) electrons. The van der Waals surface area contributed by atoms with E-state index in [1.54, 1.807) is 12.1 Å². The van der Waals surface area contributed by atoms with Crippen LogP contribution in [0.4, 0.5) is 0 Å². The third-order valence-corrected chi connectivity index (χ3v) is 7.92. The monoisotopic (exact) mass is 596 g/mol. The van der Waals surface area contributed by atoms with Crippen LogP contribution in [0.5, 0.6) is 11.5 Å². The molecule has 5 heteroatoms. The Bertz CT molecular complexity index is 2170. The van der Waals surface area contributed by atoms with Gasteiger partial charge in [-0.05, 0) is 51.9 Å². The minimum absolute atomic E-state index is 0.395. The lowest BCUT2D eigenvalue weighted by Gasteiger charge is -2.17. The van der Waals surface area contributed by atoms with Gasteiger partial charge in [0, 0.05) is 26.0 Å². The third-order valence-electron chi connectivity index (χ3n) is 7.26. The van der Waals surface area contributed by atoms with E-state index in [2.05, 4.69) is 15.9 Å². The first kappa shape index (κ1) is 25.0. The SMILES string of the molecule is O=C(Oc1c2ccccc2c(OC(=O)c2ccc3ccccc3c2)c2c(Br)cccc12)c1ccc2ccccc2c1. The van der Waals surface area contributed by atoms with Crippen LogP contribution in [-0.2, 0) is 0 Å². The molecule has 0 saturated heterocycles. The number of esters is 2. The van der Waals surface area contributed by atoms with Crippen LogP contribution in [0.1, 0.15) is 20.7 Å². The van der Waals surface area contributed by atoms with E-state index >= 15 is 0 Å². The molecule has 0 unspecified atom stereocenters. The second-order valence-electron chi connectivity index (χ2n) is 9.77. The van der Waals surface area contributed by atoms with Crippen molar-refractivity contribution in [1.29, 1.82) is 0 Å². The van der Waals surface area contributed by atoms with Crippen molar-refractivity contribution in [3.63, 3.8) is 0 Å². The van der Waals surface area contributed by atoms with Crippen molar-refractivity contribution in [1.82, 2.24) is 0 Å². The lowest BCUT2D eigenvalue weighted by molar-refractivity contribution is 0.0726. The Kier molecular flexibility index (Phi) is 6.22. The lowest BCUT2D eigenvalue weighted by atomic mass is 10.00. The largest absolute Gasteiger partial charge is 0.422 e. The molecule has 0 saturated carbocycles. The first-order valence-corrected chi connectivity index (χ1v) is 13.9. The molecule has 0 amide bonds. The Morgan fingerprint density at radius 1 is 0.463 bits per heavy atom. The molecule has 0 aliphatic carbocycles. The zero-order valence-electron chi connectivity index (χ0n) is 21.6. The number of fused-ring (bicyclic) bond motifs is 4. The fourth-order valence-electron chi connectivity index (χ4n) is 5.25. The topological polar surface area (TPSA) is 52.6 Å². The van der Waals surface area contributed by atoms with E-state index in [1.807, 2.05) is 115 Å². The molecule has 4 nitrogen and oxygen atoms in total. The highest BCUT2D eigenvalue weighted by Crippen LogP contribution is 2.46. The fraction of sp³-hybridized carbons (Fsp3) is 0. The van der Waals surface area contributed by atoms with E-state index in [1.165, 1.54) is 0 Å². The molecule has 7 aromatic carbocycles. The van der Waals surface area contributed by atoms with Gasteiger partial charge in [0.2, 0.25) is 0 Å². The number of rotatable bonds is 4. The second-order valence-corrected chi connectivity index (χ2v) is 10.6. The average molecular weight is 597 g/mol. The minimum atomic E-state index is -0.473. The van der Waals surface area contributed by atoms with Crippen molar-refractivity contribution in [2.24, 2.45) is 0 Å². The molecule has 0 bridgehead atoms. The zero-order chi connectivity index (χ0) is 27.9. The minimum Gasteiger partial charge on any atom is -0.422 e. The normalized spacial score (nSPS) is 11.2. The van der Waals surface area contributed by atoms with Crippen molar-refractivity contribution < 1.29 is 19.1 Å². The number of hydrogen-bond donors (Lipinski definition) is 0. The van der Waals surface area contributed by atoms with Crippen LogP contribution in [0.15, 0.2) is 132 Å². The maximum atomic E-state index is 13.5. The van der Waals surface area contributed by atoms with Gasteiger partial charge in [0.05, 0.1) is 11.1 Å². The van der Waals surface area contributed by atoms with Crippen molar-refractivity contribution in [2.45, 2.75) is 0 Å². The third kappa shape index (κ3) is 4.50. The molecule has 7 aromatic rings. The zero-order valence-corrected chi connectivity index (χ0v) is 23.2. The van der Waals surface area contributed by atoms with Gasteiger partial charge in [0.25, 0.3) is 0 Å². The van der Waals surface area contributed by atoms with Crippen molar-refractivity contribution in [3.05, 3.63) is 143 Å². The molecule has 196 valence electrons. The predicted octanol–water partition coefficient (Wildman–Crippen LogP) is 9.50. The number of hydrogen-bond acceptors (Lipinski definition) is 4. The van der Waals surface area contributed by atoms with Crippen LogP contribution < -0.4 is 9.47 Å². The summed E-state index contributed by atoms with van der Waals surface area (Å²) in [6, 6.07) is 39.8. The summed E-state index contributed by atoms with van der Waals surface area (Å²) in [5, 5.41) is 6.59. The van der Waals surface area contributed by atoms with Crippen LogP contribution in [0.2, 0.25) is 0 Å². The highest BCUT2D eigenvalue weighted by atomic mass is 79.9. The van der Waals surface area contributed by atoms with E-state index in [0.717, 1.165) is 21.5 Å². The van der Waals surface area contributed by atoms with Crippen molar-refractivity contribution >= 4 is 71.0 Å². The van der Waals surface area contributed by atoms with Gasteiger partial charge >= 0.3 is 11.9 Å². The number of carbonyl (C=O) groups is 2. The van der Waals surface area contributed by atoms with Gasteiger partial charge in [-0.25, -0.2) is 9.59 Å². The van der Waals surface area contributed by atoms with Gasteiger partial charge in [0.1, 0.15) is 11.5 Å². The average Bonchev–Trinajstić information content (AvgIpc) is 3.02. The summed E-state index contributed by atoms with van der Waals surface area (Å²) in [6.07, 6.45) is 0. The van der Waals surface area contributed by atoms with E-state index in [9.17, 15) is 9.59 Å². The molecule has 0 fully saturated rings. The molecule has 0 atom stereocenters. The molecular weight excluding hydrogens is 576 g/mol.